The van der Waals surface area contributed by atoms with Gasteiger partial charge in [0, 0.05) is 17.0 Å². The van der Waals surface area contributed by atoms with Crippen LogP contribution in [0.3, 0.4) is 0 Å². The van der Waals surface area contributed by atoms with E-state index in [9.17, 15) is 4.39 Å². The van der Waals surface area contributed by atoms with Crippen LogP contribution < -0.4 is 5.73 Å². The fraction of sp³-hybridized carbons (Fsp3) is 0. The maximum absolute atomic E-state index is 13.2. The van der Waals surface area contributed by atoms with Crippen LogP contribution >= 0.6 is 0 Å². The van der Waals surface area contributed by atoms with E-state index >= 15 is 0 Å². The first kappa shape index (κ1) is 7.03. The summed E-state index contributed by atoms with van der Waals surface area (Å²) in [4.78, 5) is 3.71. The second kappa shape index (κ2) is 2.44. The molecule has 0 saturated heterocycles. The first-order valence-electron chi connectivity index (χ1n) is 3.58. The van der Waals surface area contributed by atoms with Crippen LogP contribution in [0, 0.1) is 5.82 Å². The van der Waals surface area contributed by atoms with E-state index in [1.807, 2.05) is 6.07 Å². The number of benzene rings is 1. The number of hydrogen-bond acceptors (Lipinski definition) is 2. The topological polar surface area (TPSA) is 38.9 Å². The minimum Gasteiger partial charge on any atom is -0.381 e. The lowest BCUT2D eigenvalue weighted by atomic mass is 10.2. The van der Waals surface area contributed by atoms with Crippen LogP contribution in [-0.4, -0.2) is 4.98 Å². The highest BCUT2D eigenvalue weighted by Gasteiger charge is 2.03. The van der Waals surface area contributed by atoms with Crippen LogP contribution in [-0.2, 0) is 0 Å². The highest BCUT2D eigenvalue weighted by Crippen LogP contribution is 2.19. The molecule has 2 rings (SSSR count). The normalized spacial score (nSPS) is 10.4. The zero-order valence-electron chi connectivity index (χ0n) is 6.29. The predicted molar refractivity (Wildman–Crippen MR) is 46.1 cm³/mol. The smallest absolute Gasteiger partial charge is 0.173 e. The molecular formula is C9H7FN2. The third-order valence-electron chi connectivity index (χ3n) is 1.76. The molecule has 2 nitrogen and oxygen atoms in total. The number of rotatable bonds is 0. The van der Waals surface area contributed by atoms with Crippen LogP contribution in [0.5, 0.6) is 0 Å². The van der Waals surface area contributed by atoms with E-state index in [2.05, 4.69) is 4.98 Å². The molecule has 2 aromatic rings. The van der Waals surface area contributed by atoms with Crippen molar-refractivity contribution in [2.24, 2.45) is 0 Å². The maximum Gasteiger partial charge on any atom is 0.173 e. The molecule has 1 aromatic heterocycles. The number of nitrogens with two attached hydrogens (primary N) is 1. The molecule has 0 radical (unpaired) electrons. The van der Waals surface area contributed by atoms with Crippen LogP contribution in [0.15, 0.2) is 30.5 Å². The highest BCUT2D eigenvalue weighted by atomic mass is 19.1. The quantitative estimate of drug-likeness (QED) is 0.643. The van der Waals surface area contributed by atoms with Crippen molar-refractivity contribution in [3.63, 3.8) is 0 Å². The van der Waals surface area contributed by atoms with Gasteiger partial charge in [-0.1, -0.05) is 24.3 Å². The van der Waals surface area contributed by atoms with Crippen LogP contribution in [0.4, 0.5) is 10.2 Å². The molecule has 12 heavy (non-hydrogen) atoms. The Kier molecular flexibility index (Phi) is 1.43. The molecule has 0 atom stereocenters. The zero-order chi connectivity index (χ0) is 8.55. The zero-order valence-corrected chi connectivity index (χ0v) is 6.29. The fourth-order valence-corrected chi connectivity index (χ4v) is 1.14. The summed E-state index contributed by atoms with van der Waals surface area (Å²) in [6.45, 7) is 0. The number of fused-ring (bicyclic) bond motifs is 1. The molecule has 0 amide bonds. The second-order valence-corrected chi connectivity index (χ2v) is 2.54. The third kappa shape index (κ3) is 0.906. The van der Waals surface area contributed by atoms with Crippen molar-refractivity contribution in [2.45, 2.75) is 0 Å². The van der Waals surface area contributed by atoms with Gasteiger partial charge in [-0.3, -0.25) is 0 Å². The van der Waals surface area contributed by atoms with E-state index in [1.54, 1.807) is 24.4 Å². The van der Waals surface area contributed by atoms with Crippen molar-refractivity contribution in [3.05, 3.63) is 36.3 Å². The van der Waals surface area contributed by atoms with Crippen molar-refractivity contribution in [1.82, 2.24) is 4.98 Å². The molecule has 2 N–H and O–H groups in total. The van der Waals surface area contributed by atoms with Gasteiger partial charge in [0.1, 0.15) is 0 Å². The van der Waals surface area contributed by atoms with Crippen molar-refractivity contribution in [1.29, 1.82) is 0 Å². The standard InChI is InChI=1S/C9H7FN2/c10-8-7-4-2-1-3-6(7)5-12-9(8)11/h1-5H,(H2,11,12). The molecule has 0 spiro atoms. The minimum atomic E-state index is -0.437. The number of anilines is 1. The van der Waals surface area contributed by atoms with Crippen LogP contribution in [0.2, 0.25) is 0 Å². The number of nitrogens with zero attached hydrogens (tertiary/aromatic N) is 1. The fourth-order valence-electron chi connectivity index (χ4n) is 1.14. The molecule has 0 aliphatic carbocycles. The SMILES string of the molecule is Nc1ncc2ccccc2c1F. The number of nitrogen functional groups attached to an aromatic ring is 1. The Balaban J connectivity index is 2.91. The summed E-state index contributed by atoms with van der Waals surface area (Å²) < 4.78 is 13.2. The van der Waals surface area contributed by atoms with Gasteiger partial charge in [-0.15, -0.1) is 0 Å². The second-order valence-electron chi connectivity index (χ2n) is 2.54. The first-order valence-corrected chi connectivity index (χ1v) is 3.58. The number of aromatic nitrogens is 1. The molecule has 1 heterocycles. The lowest BCUT2D eigenvalue weighted by Crippen LogP contribution is -1.94. The molecule has 60 valence electrons. The summed E-state index contributed by atoms with van der Waals surface area (Å²) in [5.41, 5.74) is 5.30. The molecule has 1 aromatic carbocycles. The Morgan fingerprint density at radius 3 is 2.83 bits per heavy atom. The van der Waals surface area contributed by atoms with Crippen molar-refractivity contribution in [2.75, 3.05) is 5.73 Å². The monoisotopic (exact) mass is 162 g/mol. The average molecular weight is 162 g/mol. The molecule has 0 unspecified atom stereocenters. The summed E-state index contributed by atoms with van der Waals surface area (Å²) in [6, 6.07) is 7.08. The van der Waals surface area contributed by atoms with E-state index in [0.29, 0.717) is 5.39 Å². The number of pyridine rings is 1. The lowest BCUT2D eigenvalue weighted by Gasteiger charge is -1.99. The van der Waals surface area contributed by atoms with E-state index in [-0.39, 0.29) is 5.82 Å². The predicted octanol–water partition coefficient (Wildman–Crippen LogP) is 1.96. The highest BCUT2D eigenvalue weighted by molar-refractivity contribution is 5.84. The Morgan fingerprint density at radius 1 is 1.25 bits per heavy atom. The van der Waals surface area contributed by atoms with Crippen molar-refractivity contribution >= 4 is 16.6 Å². The molecule has 0 aliphatic heterocycles. The van der Waals surface area contributed by atoms with Gasteiger partial charge in [0.2, 0.25) is 0 Å². The molecule has 3 heteroatoms. The minimum absolute atomic E-state index is 0.0475. The van der Waals surface area contributed by atoms with Gasteiger partial charge < -0.3 is 5.73 Å². The number of hydrogen-bond donors (Lipinski definition) is 1. The molecule has 0 saturated carbocycles. The van der Waals surface area contributed by atoms with Gasteiger partial charge >= 0.3 is 0 Å². The van der Waals surface area contributed by atoms with E-state index < -0.39 is 5.82 Å². The third-order valence-corrected chi connectivity index (χ3v) is 1.76. The van der Waals surface area contributed by atoms with E-state index in [1.165, 1.54) is 0 Å². The lowest BCUT2D eigenvalue weighted by molar-refractivity contribution is 0.639. The summed E-state index contributed by atoms with van der Waals surface area (Å²) in [5.74, 6) is -0.484. The number of halogens is 1. The summed E-state index contributed by atoms with van der Waals surface area (Å²) in [7, 11) is 0. The maximum atomic E-state index is 13.2. The van der Waals surface area contributed by atoms with Gasteiger partial charge in [0.15, 0.2) is 11.6 Å². The molecular weight excluding hydrogens is 155 g/mol. The molecule has 0 bridgehead atoms. The average Bonchev–Trinajstić information content (AvgIpc) is 2.12. The van der Waals surface area contributed by atoms with Crippen LogP contribution in [0.1, 0.15) is 0 Å². The first-order chi connectivity index (χ1) is 5.79. The summed E-state index contributed by atoms with van der Waals surface area (Å²) in [6.07, 6.45) is 1.56. The van der Waals surface area contributed by atoms with Crippen molar-refractivity contribution < 1.29 is 4.39 Å². The van der Waals surface area contributed by atoms with Gasteiger partial charge in [0.25, 0.3) is 0 Å². The Labute approximate surface area is 68.8 Å². The molecule has 0 fully saturated rings. The van der Waals surface area contributed by atoms with E-state index in [0.717, 1.165) is 5.39 Å². The van der Waals surface area contributed by atoms with Gasteiger partial charge in [-0.25, -0.2) is 9.37 Å². The Bertz CT molecular complexity index is 426. The summed E-state index contributed by atoms with van der Waals surface area (Å²) in [5, 5.41) is 1.29. The molecule has 0 aliphatic rings. The largest absolute Gasteiger partial charge is 0.381 e. The van der Waals surface area contributed by atoms with Gasteiger partial charge in [-0.05, 0) is 0 Å². The van der Waals surface area contributed by atoms with Gasteiger partial charge in [0.05, 0.1) is 0 Å². The van der Waals surface area contributed by atoms with Crippen molar-refractivity contribution in [3.8, 4) is 0 Å². The van der Waals surface area contributed by atoms with Crippen LogP contribution in [0.25, 0.3) is 10.8 Å². The Hall–Kier alpha value is -1.64. The summed E-state index contributed by atoms with van der Waals surface area (Å²) >= 11 is 0. The van der Waals surface area contributed by atoms with E-state index in [4.69, 9.17) is 5.73 Å². The van der Waals surface area contributed by atoms with Gasteiger partial charge in [-0.2, -0.15) is 0 Å². The Morgan fingerprint density at radius 2 is 2.00 bits per heavy atom.